The van der Waals surface area contributed by atoms with E-state index in [1.807, 2.05) is 43.5 Å². The van der Waals surface area contributed by atoms with E-state index >= 15 is 0 Å². The lowest BCUT2D eigenvalue weighted by Gasteiger charge is -2.07. The van der Waals surface area contributed by atoms with E-state index in [1.54, 1.807) is 6.08 Å². The van der Waals surface area contributed by atoms with E-state index in [0.29, 0.717) is 0 Å². The van der Waals surface area contributed by atoms with Crippen molar-refractivity contribution in [1.29, 1.82) is 0 Å². The minimum Gasteiger partial charge on any atom is -0.457 e. The van der Waals surface area contributed by atoms with Crippen molar-refractivity contribution in [3.63, 3.8) is 0 Å². The van der Waals surface area contributed by atoms with Crippen LogP contribution in [0.4, 0.5) is 5.69 Å². The molecule has 2 nitrogen and oxygen atoms in total. The Morgan fingerprint density at radius 2 is 2.06 bits per heavy atom. The van der Waals surface area contributed by atoms with Gasteiger partial charge in [-0.3, -0.25) is 0 Å². The standard InChI is InChI=1S/C15H19NO/c1-4-6-8-14(7-5-2)17-15-11-9-13(16-3)10-12-15/h5-12,16H,2,4H2,1,3H3/b8-6-,14-7+. The number of ether oxygens (including phenoxy) is 1. The number of benzene rings is 1. The largest absolute Gasteiger partial charge is 0.457 e. The van der Waals surface area contributed by atoms with Crippen LogP contribution in [0.15, 0.2) is 60.9 Å². The molecule has 1 aromatic carbocycles. The van der Waals surface area contributed by atoms with Crippen molar-refractivity contribution in [2.24, 2.45) is 0 Å². The van der Waals surface area contributed by atoms with Crippen LogP contribution in [0.2, 0.25) is 0 Å². The highest BCUT2D eigenvalue weighted by Gasteiger charge is 1.96. The number of hydrogen-bond acceptors (Lipinski definition) is 2. The van der Waals surface area contributed by atoms with Crippen LogP contribution in [0.1, 0.15) is 13.3 Å². The van der Waals surface area contributed by atoms with Crippen LogP contribution in [-0.2, 0) is 0 Å². The summed E-state index contributed by atoms with van der Waals surface area (Å²) >= 11 is 0. The van der Waals surface area contributed by atoms with E-state index in [2.05, 4.69) is 24.9 Å². The molecule has 0 bridgehead atoms. The van der Waals surface area contributed by atoms with E-state index in [0.717, 1.165) is 23.6 Å². The summed E-state index contributed by atoms with van der Waals surface area (Å²) in [5.74, 6) is 1.61. The monoisotopic (exact) mass is 229 g/mol. The highest BCUT2D eigenvalue weighted by molar-refractivity contribution is 5.46. The lowest BCUT2D eigenvalue weighted by Crippen LogP contribution is -1.93. The molecule has 0 atom stereocenters. The van der Waals surface area contributed by atoms with Crippen molar-refractivity contribution in [3.8, 4) is 5.75 Å². The van der Waals surface area contributed by atoms with E-state index in [1.165, 1.54) is 0 Å². The van der Waals surface area contributed by atoms with E-state index in [4.69, 9.17) is 4.74 Å². The third-order valence-corrected chi connectivity index (χ3v) is 2.18. The smallest absolute Gasteiger partial charge is 0.127 e. The fourth-order valence-electron chi connectivity index (χ4n) is 1.30. The lowest BCUT2D eigenvalue weighted by molar-refractivity contribution is 0.444. The molecule has 1 N–H and O–H groups in total. The Morgan fingerprint density at radius 1 is 1.35 bits per heavy atom. The van der Waals surface area contributed by atoms with Gasteiger partial charge in [-0.05, 0) is 42.8 Å². The molecule has 0 aliphatic carbocycles. The topological polar surface area (TPSA) is 21.3 Å². The Balaban J connectivity index is 2.75. The Bertz CT molecular complexity index is 401. The van der Waals surface area contributed by atoms with E-state index in [-0.39, 0.29) is 0 Å². The van der Waals surface area contributed by atoms with Crippen LogP contribution in [0, 0.1) is 0 Å². The zero-order chi connectivity index (χ0) is 12.5. The molecule has 0 spiro atoms. The summed E-state index contributed by atoms with van der Waals surface area (Å²) < 4.78 is 5.73. The molecule has 0 saturated carbocycles. The van der Waals surface area contributed by atoms with Crippen molar-refractivity contribution in [2.75, 3.05) is 12.4 Å². The second-order valence-corrected chi connectivity index (χ2v) is 3.49. The van der Waals surface area contributed by atoms with Crippen molar-refractivity contribution in [3.05, 3.63) is 60.9 Å². The molecule has 0 unspecified atom stereocenters. The Kier molecular flexibility index (Phi) is 5.66. The molecular weight excluding hydrogens is 210 g/mol. The highest BCUT2D eigenvalue weighted by Crippen LogP contribution is 2.18. The average Bonchev–Trinajstić information content (AvgIpc) is 2.37. The van der Waals surface area contributed by atoms with Gasteiger partial charge >= 0.3 is 0 Å². The number of hydrogen-bond donors (Lipinski definition) is 1. The summed E-state index contributed by atoms with van der Waals surface area (Å²) in [4.78, 5) is 0. The quantitative estimate of drug-likeness (QED) is 0.584. The maximum Gasteiger partial charge on any atom is 0.127 e. The number of allylic oxidation sites excluding steroid dienone is 4. The molecule has 0 fully saturated rings. The van der Waals surface area contributed by atoms with Crippen molar-refractivity contribution in [2.45, 2.75) is 13.3 Å². The van der Waals surface area contributed by atoms with Gasteiger partial charge in [-0.2, -0.15) is 0 Å². The van der Waals surface area contributed by atoms with Crippen molar-refractivity contribution >= 4 is 5.69 Å². The second-order valence-electron chi connectivity index (χ2n) is 3.49. The molecule has 1 aromatic rings. The van der Waals surface area contributed by atoms with Crippen LogP contribution in [0.5, 0.6) is 5.75 Å². The van der Waals surface area contributed by atoms with Crippen LogP contribution in [-0.4, -0.2) is 7.05 Å². The van der Waals surface area contributed by atoms with Gasteiger partial charge in [-0.1, -0.05) is 25.7 Å². The van der Waals surface area contributed by atoms with Gasteiger partial charge in [0.05, 0.1) is 0 Å². The van der Waals surface area contributed by atoms with Gasteiger partial charge in [0.1, 0.15) is 11.5 Å². The average molecular weight is 229 g/mol. The fraction of sp³-hybridized carbons (Fsp3) is 0.200. The number of rotatable bonds is 6. The summed E-state index contributed by atoms with van der Waals surface area (Å²) in [5.41, 5.74) is 1.07. The Labute approximate surface area is 103 Å². The van der Waals surface area contributed by atoms with Gasteiger partial charge in [0.15, 0.2) is 0 Å². The zero-order valence-corrected chi connectivity index (χ0v) is 10.4. The first-order valence-electron chi connectivity index (χ1n) is 5.75. The van der Waals surface area contributed by atoms with Gasteiger partial charge < -0.3 is 10.1 Å². The summed E-state index contributed by atoms with van der Waals surface area (Å²) in [5, 5.41) is 3.07. The molecule has 90 valence electrons. The molecule has 0 radical (unpaired) electrons. The third kappa shape index (κ3) is 4.60. The third-order valence-electron chi connectivity index (χ3n) is 2.18. The highest BCUT2D eigenvalue weighted by atomic mass is 16.5. The maximum absolute atomic E-state index is 5.73. The van der Waals surface area contributed by atoms with Crippen LogP contribution < -0.4 is 10.1 Å². The van der Waals surface area contributed by atoms with E-state index < -0.39 is 0 Å². The molecule has 0 amide bonds. The SMILES string of the molecule is C=C/C=C(\C=C/CC)Oc1ccc(NC)cc1. The Morgan fingerprint density at radius 3 is 2.59 bits per heavy atom. The molecule has 0 aromatic heterocycles. The minimum absolute atomic E-state index is 0.791. The molecule has 0 aliphatic heterocycles. The minimum atomic E-state index is 0.791. The maximum atomic E-state index is 5.73. The molecule has 2 heteroatoms. The van der Waals surface area contributed by atoms with E-state index in [9.17, 15) is 0 Å². The fourth-order valence-corrected chi connectivity index (χ4v) is 1.30. The van der Waals surface area contributed by atoms with Crippen molar-refractivity contribution in [1.82, 2.24) is 0 Å². The van der Waals surface area contributed by atoms with Gasteiger partial charge in [0.25, 0.3) is 0 Å². The molecular formula is C15H19NO. The Hall–Kier alpha value is -1.96. The summed E-state index contributed by atoms with van der Waals surface area (Å²) in [6.45, 7) is 5.76. The number of anilines is 1. The second kappa shape index (κ2) is 7.34. The predicted octanol–water partition coefficient (Wildman–Crippen LogP) is 4.14. The van der Waals surface area contributed by atoms with Crippen LogP contribution in [0.3, 0.4) is 0 Å². The first-order valence-corrected chi connectivity index (χ1v) is 5.75. The normalized spacial score (nSPS) is 11.5. The summed E-state index contributed by atoms with van der Waals surface area (Å²) in [7, 11) is 1.89. The van der Waals surface area contributed by atoms with Gasteiger partial charge in [-0.25, -0.2) is 0 Å². The van der Waals surface area contributed by atoms with Crippen LogP contribution >= 0.6 is 0 Å². The van der Waals surface area contributed by atoms with Gasteiger partial charge in [0, 0.05) is 12.7 Å². The molecule has 0 aliphatic rings. The van der Waals surface area contributed by atoms with Crippen molar-refractivity contribution < 1.29 is 4.74 Å². The first-order chi connectivity index (χ1) is 8.30. The molecule has 17 heavy (non-hydrogen) atoms. The van der Waals surface area contributed by atoms with Gasteiger partial charge in [-0.15, -0.1) is 0 Å². The summed E-state index contributed by atoms with van der Waals surface area (Å²) in [6.07, 6.45) is 8.55. The zero-order valence-electron chi connectivity index (χ0n) is 10.4. The molecule has 1 rings (SSSR count). The predicted molar refractivity (Wildman–Crippen MR) is 74.3 cm³/mol. The summed E-state index contributed by atoms with van der Waals surface area (Å²) in [6, 6.07) is 7.82. The van der Waals surface area contributed by atoms with Crippen LogP contribution in [0.25, 0.3) is 0 Å². The lowest BCUT2D eigenvalue weighted by atomic mass is 10.3. The molecule has 0 heterocycles. The first kappa shape index (κ1) is 13.1. The number of nitrogens with one attached hydrogen (secondary N) is 1. The molecule has 0 saturated heterocycles. The van der Waals surface area contributed by atoms with Gasteiger partial charge in [0.2, 0.25) is 0 Å².